The molecule has 11 aliphatic heterocycles. The summed E-state index contributed by atoms with van der Waals surface area (Å²) in [6.07, 6.45) is 8.73. The van der Waals surface area contributed by atoms with Crippen LogP contribution in [0.2, 0.25) is 0 Å². The summed E-state index contributed by atoms with van der Waals surface area (Å²) in [6.45, 7) is 39.0. The molecule has 6 atom stereocenters. The average Bonchev–Trinajstić information content (AvgIpc) is 1.61. The van der Waals surface area contributed by atoms with Gasteiger partial charge in [0.2, 0.25) is 11.8 Å². The van der Waals surface area contributed by atoms with Crippen molar-refractivity contribution in [2.24, 2.45) is 26.8 Å². The van der Waals surface area contributed by atoms with Crippen molar-refractivity contribution in [2.75, 3.05) is 66.8 Å². The maximum atomic E-state index is 14.0. The van der Waals surface area contributed by atoms with Crippen LogP contribution in [0.1, 0.15) is 198 Å². The van der Waals surface area contributed by atoms with E-state index in [4.69, 9.17) is 76.5 Å². The van der Waals surface area contributed by atoms with Gasteiger partial charge in [0.1, 0.15) is 29.1 Å². The molecule has 704 valence electrons. The van der Waals surface area contributed by atoms with E-state index in [9.17, 15) is 28.8 Å². The van der Waals surface area contributed by atoms with E-state index in [0.29, 0.717) is 71.0 Å². The number of benzene rings is 6. The van der Waals surface area contributed by atoms with Crippen LogP contribution in [0.15, 0.2) is 146 Å². The fraction of sp³-hybridized carbons (Fsp3) is 0.535. The lowest BCUT2D eigenvalue weighted by atomic mass is 9.49. The fourth-order valence-corrected chi connectivity index (χ4v) is 19.4. The number of H-pyrrole nitrogens is 1. The van der Waals surface area contributed by atoms with Gasteiger partial charge in [-0.05, 0) is 237 Å². The van der Waals surface area contributed by atoms with Crippen LogP contribution < -0.4 is 10.6 Å². The van der Waals surface area contributed by atoms with E-state index in [1.807, 2.05) is 165 Å². The van der Waals surface area contributed by atoms with E-state index < -0.39 is 67.1 Å². The molecule has 12 heterocycles. The van der Waals surface area contributed by atoms with Crippen LogP contribution in [0.5, 0.6) is 0 Å². The van der Waals surface area contributed by atoms with Crippen molar-refractivity contribution in [1.82, 2.24) is 40.2 Å². The van der Waals surface area contributed by atoms with E-state index >= 15 is 0 Å². The number of fused-ring (bicyclic) bond motifs is 6. The number of halogens is 2. The number of hydrogen-bond acceptors (Lipinski definition) is 22. The molecule has 1 aromatic heterocycles. The maximum Gasteiger partial charge on any atom is 0.488 e. The lowest BCUT2D eigenvalue weighted by Gasteiger charge is -2.32. The third-order valence-corrected chi connectivity index (χ3v) is 28.1. The van der Waals surface area contributed by atoms with E-state index in [2.05, 4.69) is 132 Å². The van der Waals surface area contributed by atoms with Crippen LogP contribution in [-0.4, -0.2) is 239 Å². The highest BCUT2D eigenvalue weighted by molar-refractivity contribution is 9.10. The largest absolute Gasteiger partial charge is 0.488 e. The lowest BCUT2D eigenvalue weighted by Crippen LogP contribution is -2.54. The highest BCUT2D eigenvalue weighted by Crippen LogP contribution is 2.48. The highest BCUT2D eigenvalue weighted by Gasteiger charge is 2.64. The molecular formula is C99H125B2Br2N11O18. The van der Waals surface area contributed by atoms with Gasteiger partial charge in [-0.1, -0.05) is 126 Å². The zero-order valence-electron chi connectivity index (χ0n) is 79.5. The zero-order valence-corrected chi connectivity index (χ0v) is 82.7. The van der Waals surface area contributed by atoms with Gasteiger partial charge >= 0.3 is 38.4 Å². The number of aromatic nitrogens is 2. The summed E-state index contributed by atoms with van der Waals surface area (Å²) in [4.78, 5) is 107. The summed E-state index contributed by atoms with van der Waals surface area (Å²) in [6, 6.07) is 35.5. The van der Waals surface area contributed by atoms with Gasteiger partial charge in [0.25, 0.3) is 0 Å². The van der Waals surface area contributed by atoms with Gasteiger partial charge in [-0.2, -0.15) is 0 Å². The van der Waals surface area contributed by atoms with Gasteiger partial charge < -0.3 is 81.9 Å². The van der Waals surface area contributed by atoms with Crippen molar-refractivity contribution in [3.05, 3.63) is 153 Å². The Morgan fingerprint density at radius 2 is 0.909 bits per heavy atom. The molecule has 7 aromatic rings. The smallest absolute Gasteiger partial charge is 0.453 e. The van der Waals surface area contributed by atoms with Gasteiger partial charge in [-0.25, -0.2) is 24.2 Å². The second-order valence-corrected chi connectivity index (χ2v) is 42.3. The summed E-state index contributed by atoms with van der Waals surface area (Å²) in [5, 5.41) is 10.1. The summed E-state index contributed by atoms with van der Waals surface area (Å²) in [7, 11) is 1.61. The number of methoxy groups -OCH3 is 2. The minimum Gasteiger partial charge on any atom is -0.453 e. The molecule has 132 heavy (non-hydrogen) atoms. The number of amides is 6. The number of carbonyl (C=O) groups is 6. The Bertz CT molecular complexity index is 5570. The molecule has 33 heteroatoms. The number of imidazole rings is 1. The summed E-state index contributed by atoms with van der Waals surface area (Å²) < 4.78 is 70.7. The lowest BCUT2D eigenvalue weighted by molar-refractivity contribution is -0.153. The molecule has 11 aliphatic rings. The van der Waals surface area contributed by atoms with Crippen LogP contribution in [-0.2, 0) is 78.9 Å². The van der Waals surface area contributed by atoms with Crippen LogP contribution in [0.4, 0.5) is 30.6 Å². The molecular weight excluding hydrogens is 1810 g/mol. The Hall–Kier alpha value is -9.41. The van der Waals surface area contributed by atoms with E-state index in [-0.39, 0.29) is 82.9 Å². The average molecular weight is 1940 g/mol. The Morgan fingerprint density at radius 3 is 1.36 bits per heavy atom. The first-order chi connectivity index (χ1) is 62.3. The molecule has 0 aliphatic carbocycles. The van der Waals surface area contributed by atoms with Crippen molar-refractivity contribution in [3.63, 3.8) is 0 Å². The van der Waals surface area contributed by atoms with Gasteiger partial charge in [0, 0.05) is 77.5 Å². The summed E-state index contributed by atoms with van der Waals surface area (Å²) in [5.74, 6) is -1.86. The molecule has 2 spiro atoms. The van der Waals surface area contributed by atoms with Crippen molar-refractivity contribution in [1.29, 1.82) is 0 Å². The van der Waals surface area contributed by atoms with E-state index in [1.54, 1.807) is 16.0 Å². The molecule has 8 saturated heterocycles. The summed E-state index contributed by atoms with van der Waals surface area (Å²) >= 11 is 7.01. The Balaban J connectivity index is 0.000000148. The predicted octanol–water partition coefficient (Wildman–Crippen LogP) is 18.6. The Labute approximate surface area is 791 Å². The molecule has 6 aromatic carbocycles. The molecule has 8 fully saturated rings. The van der Waals surface area contributed by atoms with Gasteiger partial charge in [0.15, 0.2) is 11.6 Å². The number of aliphatic imine (C=N–C) groups is 3. The minimum absolute atomic E-state index is 0.0442. The number of ether oxygens (including phenoxy) is 8. The van der Waals surface area contributed by atoms with Crippen LogP contribution >= 0.6 is 31.9 Å². The normalized spacial score (nSPS) is 22.6. The van der Waals surface area contributed by atoms with E-state index in [1.165, 1.54) is 41.5 Å². The quantitative estimate of drug-likeness (QED) is 0.0673. The van der Waals surface area contributed by atoms with Crippen molar-refractivity contribution in [3.8, 4) is 22.4 Å². The Kier molecular flexibility index (Phi) is 28.3. The van der Waals surface area contributed by atoms with Gasteiger partial charge in [-0.3, -0.25) is 34.4 Å². The number of alkyl carbamates (subject to hydrolysis) is 2. The SMILES string of the molecule is CC(C)(C)OC(=O)N1CCC[C@H]1C1=Nc2ccc3cc(Br)ccc3c2C1.CC1(C)OB(B2OC(C)(C)C(C)(C)O2)OC1(C)C.COC(=O)N[C@H](C(=O)N1CC2(C[C@H]1C1=NC=C(c3ccc(Br)cc3)C1)OCCO2)C(C)C.COC(=O)N[C@H](C(=O)N1CC2(C[C@H]1c1ncc(-c3ccc(-c4ccc5c6c(ccc5c4)N=C([C@@H]4CCCN4C(=O)OC(C)(C)C)C6)cc3)[nH]1)OCCO2)C(C)C. The fourth-order valence-electron chi connectivity index (χ4n) is 18.8. The number of carbonyl (C=O) groups excluding carboxylic acids is 6. The molecule has 0 radical (unpaired) electrons. The molecule has 29 nitrogen and oxygen atoms in total. The first-order valence-corrected chi connectivity index (χ1v) is 47.6. The van der Waals surface area contributed by atoms with Crippen molar-refractivity contribution < 1.29 is 85.3 Å². The molecule has 0 saturated carbocycles. The molecule has 0 unspecified atom stereocenters. The van der Waals surface area contributed by atoms with Gasteiger partial charge in [-0.15, -0.1) is 0 Å². The number of allylic oxidation sites excluding steroid dienone is 1. The van der Waals surface area contributed by atoms with Gasteiger partial charge in [0.05, 0.1) is 124 Å². The number of aromatic amines is 1. The second kappa shape index (κ2) is 38.4. The summed E-state index contributed by atoms with van der Waals surface area (Å²) in [5.41, 5.74) is 11.2. The molecule has 18 rings (SSSR count). The van der Waals surface area contributed by atoms with Crippen LogP contribution in [0.25, 0.3) is 49.5 Å². The van der Waals surface area contributed by atoms with E-state index in [0.717, 1.165) is 115 Å². The molecule has 0 bridgehead atoms. The number of nitrogens with one attached hydrogen (secondary N) is 3. The van der Waals surface area contributed by atoms with Crippen LogP contribution in [0, 0.1) is 11.8 Å². The first kappa shape index (κ1) is 97.1. The van der Waals surface area contributed by atoms with Crippen molar-refractivity contribution >= 4 is 138 Å². The van der Waals surface area contributed by atoms with Crippen molar-refractivity contribution in [2.45, 2.75) is 264 Å². The number of nitrogens with zero attached hydrogens (tertiary/aromatic N) is 8. The monoisotopic (exact) mass is 1940 g/mol. The maximum absolute atomic E-state index is 14.0. The highest BCUT2D eigenvalue weighted by atomic mass is 79.9. The number of rotatable bonds is 14. The molecule has 3 N–H and O–H groups in total. The predicted molar refractivity (Wildman–Crippen MR) is 515 cm³/mol. The number of hydrogen-bond donors (Lipinski definition) is 3. The second-order valence-electron chi connectivity index (χ2n) is 40.4. The third-order valence-electron chi connectivity index (χ3n) is 27.1. The number of likely N-dealkylation sites (tertiary alicyclic amines) is 4. The third kappa shape index (κ3) is 21.0. The topological polar surface area (TPSA) is 316 Å². The zero-order chi connectivity index (χ0) is 94.7. The first-order valence-electron chi connectivity index (χ1n) is 46.0. The minimum atomic E-state index is -0.921. The Morgan fingerprint density at radius 1 is 0.492 bits per heavy atom. The molecule has 6 amide bonds. The van der Waals surface area contributed by atoms with Crippen LogP contribution in [0.3, 0.4) is 0 Å². The standard InChI is InChI=1S/C43H50N6O7.C23H28BrN3O5.C21H23BrN2O2.C12H24B2O4/c1-25(2)37(47-40(51)53-6)39(50)49-24-43(54-18-19-55-43)22-36(49)38-44-23-34(46-38)27-11-9-26(10-12-27)28-13-15-30-29(20-28)14-16-32-31(30)21-33(45-32)35-8-7-17-48(35)41(52)56-42(3,4)5;1-14(2)20(26-22(29)30-3)21(28)27-13-23(31-8-9-32-23)11-19(27)18-10-16(12-25-18)15-4-6-17(24)7-5-15;1-21(2,3)26-20(25)24-10-4-5-19(24)18-12-16-15-8-7-14(22)11-13(15)6-9-17(16)23-18;1-9(2)10(3,4)16-13(15-9)14-17-11(5,6)12(7,8)18-14/h9-16,20,23,25,35-37H,7-8,17-19,21-22,24H2,1-6H3,(H,44,46)(H,47,51);4-7,12,14,19-20H,8-11,13H2,1-3H3,(H,26,29);6-9,11,19H,4-5,10,12H2,1-3H3;1-8H3/t35-,36-,37-;19-,20-;19-;/m000./s1.